The second-order valence-corrected chi connectivity index (χ2v) is 4.77. The van der Waals surface area contributed by atoms with Crippen molar-refractivity contribution in [2.75, 3.05) is 0 Å². The van der Waals surface area contributed by atoms with Crippen LogP contribution in [0, 0.1) is 5.92 Å². The lowest BCUT2D eigenvalue weighted by Gasteiger charge is -2.19. The van der Waals surface area contributed by atoms with Crippen molar-refractivity contribution in [2.45, 2.75) is 25.7 Å². The van der Waals surface area contributed by atoms with E-state index in [2.05, 4.69) is 11.9 Å². The van der Waals surface area contributed by atoms with E-state index in [-0.39, 0.29) is 11.5 Å². The molecule has 0 unspecified atom stereocenters. The molecule has 0 atom stereocenters. The summed E-state index contributed by atoms with van der Waals surface area (Å²) in [5.41, 5.74) is 1.57. The molecule has 1 N–H and O–H groups in total. The number of hydrogen-bond acceptors (Lipinski definition) is 3. The molecular formula is C13H13NO3. The van der Waals surface area contributed by atoms with Gasteiger partial charge in [0.15, 0.2) is 0 Å². The fraction of sp³-hybridized carbons (Fsp3) is 0.385. The molecule has 0 saturated heterocycles. The highest BCUT2D eigenvalue weighted by Gasteiger charge is 2.29. The largest absolute Gasteiger partial charge is 0.427 e. The predicted octanol–water partition coefficient (Wildman–Crippen LogP) is 1.39. The highest BCUT2D eigenvalue weighted by atomic mass is 16.4. The Kier molecular flexibility index (Phi) is 2.18. The van der Waals surface area contributed by atoms with Crippen LogP contribution in [-0.2, 0) is 12.8 Å². The van der Waals surface area contributed by atoms with Gasteiger partial charge in [0.1, 0.15) is 5.76 Å². The number of amides is 1. The molecule has 2 aliphatic rings. The summed E-state index contributed by atoms with van der Waals surface area (Å²) in [5.74, 6) is 0.886. The van der Waals surface area contributed by atoms with Gasteiger partial charge in [0.25, 0.3) is 5.91 Å². The second kappa shape index (κ2) is 3.58. The number of carbonyl (C=O) groups excluding carboxylic acids is 1. The number of fused-ring (bicyclic) bond motifs is 1. The molecule has 88 valence electrons. The number of nitrogens with one attached hydrogen (secondary N) is 1. The maximum atomic E-state index is 11.9. The van der Waals surface area contributed by atoms with E-state index in [1.54, 1.807) is 0 Å². The quantitative estimate of drug-likeness (QED) is 0.836. The molecule has 0 aromatic carbocycles. The Morgan fingerprint density at radius 1 is 1.41 bits per heavy atom. The van der Waals surface area contributed by atoms with Crippen molar-refractivity contribution in [1.29, 1.82) is 0 Å². The third kappa shape index (κ3) is 1.90. The lowest BCUT2D eigenvalue weighted by Crippen LogP contribution is -2.32. The van der Waals surface area contributed by atoms with Gasteiger partial charge in [-0.2, -0.15) is 0 Å². The molecule has 3 rings (SSSR count). The Morgan fingerprint density at radius 3 is 2.88 bits per heavy atom. The normalized spacial score (nSPS) is 18.8. The van der Waals surface area contributed by atoms with Crippen LogP contribution in [0.5, 0.6) is 0 Å². The third-order valence-corrected chi connectivity index (χ3v) is 3.21. The number of rotatable bonds is 2. The average molecular weight is 231 g/mol. The Morgan fingerprint density at radius 2 is 2.18 bits per heavy atom. The Hall–Kier alpha value is -1.84. The van der Waals surface area contributed by atoms with Gasteiger partial charge in [0, 0.05) is 18.2 Å². The summed E-state index contributed by atoms with van der Waals surface area (Å²) >= 11 is 0. The van der Waals surface area contributed by atoms with Crippen LogP contribution < -0.4 is 10.9 Å². The molecule has 1 aliphatic heterocycles. The van der Waals surface area contributed by atoms with E-state index in [0.29, 0.717) is 29.4 Å². The van der Waals surface area contributed by atoms with Crippen LogP contribution in [0.2, 0.25) is 0 Å². The smallest absolute Gasteiger partial charge is 0.336 e. The summed E-state index contributed by atoms with van der Waals surface area (Å²) in [5, 5.41) is 2.69. The molecule has 1 fully saturated rings. The van der Waals surface area contributed by atoms with Crippen molar-refractivity contribution in [3.05, 3.63) is 45.6 Å². The molecule has 1 aromatic heterocycles. The summed E-state index contributed by atoms with van der Waals surface area (Å²) in [6.45, 7) is 3.70. The van der Waals surface area contributed by atoms with E-state index in [0.717, 1.165) is 12.0 Å². The van der Waals surface area contributed by atoms with Crippen LogP contribution in [-0.4, -0.2) is 5.91 Å². The Labute approximate surface area is 98.3 Å². The first-order valence-electron chi connectivity index (χ1n) is 5.78. The molecule has 1 aliphatic carbocycles. The number of hydrogen-bond donors (Lipinski definition) is 1. The van der Waals surface area contributed by atoms with E-state index < -0.39 is 0 Å². The predicted molar refractivity (Wildman–Crippen MR) is 61.7 cm³/mol. The fourth-order valence-electron chi connectivity index (χ4n) is 2.25. The van der Waals surface area contributed by atoms with Crippen LogP contribution in [0.3, 0.4) is 0 Å². The minimum atomic E-state index is -0.373. The van der Waals surface area contributed by atoms with Crippen LogP contribution in [0.25, 0.3) is 0 Å². The molecule has 2 heterocycles. The van der Waals surface area contributed by atoms with E-state index in [1.165, 1.54) is 18.9 Å². The molecule has 1 amide bonds. The van der Waals surface area contributed by atoms with E-state index in [1.807, 2.05) is 0 Å². The molecular weight excluding hydrogens is 218 g/mol. The van der Waals surface area contributed by atoms with E-state index >= 15 is 0 Å². The van der Waals surface area contributed by atoms with Gasteiger partial charge in [-0.1, -0.05) is 6.58 Å². The van der Waals surface area contributed by atoms with Gasteiger partial charge in [-0.05, 0) is 30.7 Å². The summed E-state index contributed by atoms with van der Waals surface area (Å²) < 4.78 is 5.11. The zero-order valence-corrected chi connectivity index (χ0v) is 9.41. The van der Waals surface area contributed by atoms with Gasteiger partial charge in [0.2, 0.25) is 0 Å². The van der Waals surface area contributed by atoms with Gasteiger partial charge >= 0.3 is 5.63 Å². The molecule has 4 heteroatoms. The highest BCUT2D eigenvalue weighted by molar-refractivity contribution is 5.98. The van der Waals surface area contributed by atoms with Gasteiger partial charge in [-0.3, -0.25) is 4.79 Å². The van der Waals surface area contributed by atoms with Crippen molar-refractivity contribution >= 4 is 5.91 Å². The van der Waals surface area contributed by atoms with Crippen molar-refractivity contribution < 1.29 is 9.21 Å². The first-order chi connectivity index (χ1) is 8.13. The van der Waals surface area contributed by atoms with E-state index in [9.17, 15) is 9.59 Å². The molecule has 0 spiro atoms. The first kappa shape index (κ1) is 10.3. The summed E-state index contributed by atoms with van der Waals surface area (Å²) in [4.78, 5) is 23.3. The van der Waals surface area contributed by atoms with Crippen molar-refractivity contribution in [3.63, 3.8) is 0 Å². The standard InChI is InChI=1S/C13H13NO3/c1-7-4-10-12(13(16)14-7)9(5-8-2-3-8)6-11(15)17-10/h6,8H,1-5H2,(H,14,16). The lowest BCUT2D eigenvalue weighted by molar-refractivity contribution is 0.0952. The van der Waals surface area contributed by atoms with Gasteiger partial charge in [-0.15, -0.1) is 0 Å². The Bertz CT molecular complexity index is 567. The molecule has 1 aromatic rings. The van der Waals surface area contributed by atoms with Crippen LogP contribution in [0.1, 0.15) is 34.5 Å². The minimum Gasteiger partial charge on any atom is -0.427 e. The van der Waals surface area contributed by atoms with Crippen LogP contribution in [0.4, 0.5) is 0 Å². The maximum Gasteiger partial charge on any atom is 0.336 e. The van der Waals surface area contributed by atoms with Crippen molar-refractivity contribution in [2.24, 2.45) is 5.92 Å². The monoisotopic (exact) mass is 231 g/mol. The zero-order chi connectivity index (χ0) is 12.0. The fourth-order valence-corrected chi connectivity index (χ4v) is 2.25. The van der Waals surface area contributed by atoms with Crippen LogP contribution in [0.15, 0.2) is 27.6 Å². The van der Waals surface area contributed by atoms with Gasteiger partial charge in [0.05, 0.1) is 5.56 Å². The van der Waals surface area contributed by atoms with Gasteiger partial charge < -0.3 is 9.73 Å². The Balaban J connectivity index is 2.11. The lowest BCUT2D eigenvalue weighted by atomic mass is 9.97. The summed E-state index contributed by atoms with van der Waals surface area (Å²) in [6.07, 6.45) is 3.58. The minimum absolute atomic E-state index is 0.198. The number of carbonyl (C=O) groups is 1. The molecule has 17 heavy (non-hydrogen) atoms. The van der Waals surface area contributed by atoms with Gasteiger partial charge in [-0.25, -0.2) is 4.79 Å². The maximum absolute atomic E-state index is 11.9. The molecule has 0 bridgehead atoms. The summed E-state index contributed by atoms with van der Waals surface area (Å²) in [6, 6.07) is 1.45. The topological polar surface area (TPSA) is 59.3 Å². The summed E-state index contributed by atoms with van der Waals surface area (Å²) in [7, 11) is 0. The zero-order valence-electron chi connectivity index (χ0n) is 9.41. The second-order valence-electron chi connectivity index (χ2n) is 4.77. The molecule has 4 nitrogen and oxygen atoms in total. The van der Waals surface area contributed by atoms with Crippen LogP contribution >= 0.6 is 0 Å². The van der Waals surface area contributed by atoms with Crippen molar-refractivity contribution in [1.82, 2.24) is 5.32 Å². The number of allylic oxidation sites excluding steroid dienone is 1. The molecule has 1 saturated carbocycles. The molecule has 0 radical (unpaired) electrons. The SMILES string of the molecule is C=C1Cc2oc(=O)cc(CC3CC3)c2C(=O)N1. The average Bonchev–Trinajstić information content (AvgIpc) is 2.99. The van der Waals surface area contributed by atoms with Crippen molar-refractivity contribution in [3.8, 4) is 0 Å². The third-order valence-electron chi connectivity index (χ3n) is 3.21. The van der Waals surface area contributed by atoms with E-state index in [4.69, 9.17) is 4.42 Å². The first-order valence-corrected chi connectivity index (χ1v) is 5.78. The highest BCUT2D eigenvalue weighted by Crippen LogP contribution is 2.34.